The average molecular weight is 246 g/mol. The van der Waals surface area contributed by atoms with Gasteiger partial charge in [0, 0.05) is 23.7 Å². The Hall–Kier alpha value is -1.68. The van der Waals surface area contributed by atoms with Crippen LogP contribution in [0.15, 0.2) is 18.3 Å². The Bertz CT molecular complexity index is 556. The lowest BCUT2D eigenvalue weighted by Crippen LogP contribution is -2.12. The Morgan fingerprint density at radius 2 is 2.11 bits per heavy atom. The highest BCUT2D eigenvalue weighted by Crippen LogP contribution is 2.36. The third-order valence-electron chi connectivity index (χ3n) is 3.65. The molecule has 96 valence electrons. The summed E-state index contributed by atoms with van der Waals surface area (Å²) in [5.74, 6) is 1.66. The quantitative estimate of drug-likeness (QED) is 0.875. The van der Waals surface area contributed by atoms with Crippen LogP contribution in [0.25, 0.3) is 10.9 Å². The second-order valence-electron chi connectivity index (χ2n) is 4.65. The van der Waals surface area contributed by atoms with Gasteiger partial charge in [-0.2, -0.15) is 0 Å². The van der Waals surface area contributed by atoms with Crippen molar-refractivity contribution in [2.24, 2.45) is 0 Å². The van der Waals surface area contributed by atoms with Gasteiger partial charge >= 0.3 is 0 Å². The van der Waals surface area contributed by atoms with Crippen molar-refractivity contribution in [3.8, 4) is 11.5 Å². The number of aromatic nitrogens is 1. The number of ether oxygens (including phenoxy) is 2. The zero-order chi connectivity index (χ0) is 12.5. The Morgan fingerprint density at radius 1 is 1.22 bits per heavy atom. The molecular weight excluding hydrogens is 228 g/mol. The molecule has 3 rings (SSSR count). The minimum absolute atomic E-state index is 0.440. The number of methoxy groups -OCH3 is 2. The van der Waals surface area contributed by atoms with Crippen LogP contribution in [0.2, 0.25) is 0 Å². The molecule has 1 fully saturated rings. The molecule has 1 aromatic heterocycles. The molecule has 2 heterocycles. The molecule has 2 N–H and O–H groups in total. The van der Waals surface area contributed by atoms with Crippen molar-refractivity contribution >= 4 is 10.9 Å². The standard InChI is InChI=1S/C14H18N2O2/c1-17-9-6-10-11(12-4-3-5-15-12)8-16-14(10)13(7-9)18-2/h6-8,12,15-16H,3-5H2,1-2H3. The number of fused-ring (bicyclic) bond motifs is 1. The molecule has 4 heteroatoms. The first-order valence-electron chi connectivity index (χ1n) is 6.30. The van der Waals surface area contributed by atoms with Crippen molar-refractivity contribution in [2.45, 2.75) is 18.9 Å². The van der Waals surface area contributed by atoms with Crippen molar-refractivity contribution in [2.75, 3.05) is 20.8 Å². The first-order valence-corrected chi connectivity index (χ1v) is 6.30. The van der Waals surface area contributed by atoms with E-state index < -0.39 is 0 Å². The molecule has 1 aromatic carbocycles. The average Bonchev–Trinajstić information content (AvgIpc) is 3.05. The van der Waals surface area contributed by atoms with Crippen molar-refractivity contribution in [3.05, 3.63) is 23.9 Å². The Labute approximate surface area is 106 Å². The summed E-state index contributed by atoms with van der Waals surface area (Å²) in [6.07, 6.45) is 4.50. The molecule has 1 atom stereocenters. The molecule has 0 bridgehead atoms. The summed E-state index contributed by atoms with van der Waals surface area (Å²) < 4.78 is 10.8. The van der Waals surface area contributed by atoms with E-state index in [9.17, 15) is 0 Å². The van der Waals surface area contributed by atoms with Gasteiger partial charge in [-0.05, 0) is 31.0 Å². The predicted molar refractivity (Wildman–Crippen MR) is 71.4 cm³/mol. The van der Waals surface area contributed by atoms with Gasteiger partial charge in [-0.15, -0.1) is 0 Å². The molecule has 2 aromatic rings. The highest BCUT2D eigenvalue weighted by Gasteiger charge is 2.21. The van der Waals surface area contributed by atoms with Crippen molar-refractivity contribution in [3.63, 3.8) is 0 Å². The molecule has 0 spiro atoms. The van der Waals surface area contributed by atoms with Gasteiger partial charge in [0.2, 0.25) is 0 Å². The number of aromatic amines is 1. The summed E-state index contributed by atoms with van der Waals surface area (Å²) in [6, 6.07) is 4.42. The van der Waals surface area contributed by atoms with Gasteiger partial charge in [-0.3, -0.25) is 0 Å². The lowest BCUT2D eigenvalue weighted by Gasteiger charge is -2.10. The molecule has 18 heavy (non-hydrogen) atoms. The maximum Gasteiger partial charge on any atom is 0.146 e. The molecule has 1 saturated heterocycles. The highest BCUT2D eigenvalue weighted by molar-refractivity contribution is 5.90. The van der Waals surface area contributed by atoms with E-state index in [1.807, 2.05) is 6.07 Å². The van der Waals surface area contributed by atoms with E-state index in [0.717, 1.165) is 23.6 Å². The summed E-state index contributed by atoms with van der Waals surface area (Å²) in [6.45, 7) is 1.10. The van der Waals surface area contributed by atoms with Crippen LogP contribution in [0.5, 0.6) is 11.5 Å². The van der Waals surface area contributed by atoms with Crippen molar-refractivity contribution in [1.82, 2.24) is 10.3 Å². The van der Waals surface area contributed by atoms with Gasteiger partial charge in [-0.1, -0.05) is 0 Å². The predicted octanol–water partition coefficient (Wildman–Crippen LogP) is 2.61. The smallest absolute Gasteiger partial charge is 0.146 e. The van der Waals surface area contributed by atoms with Crippen LogP contribution in [0, 0.1) is 0 Å². The molecule has 1 aliphatic rings. The van der Waals surface area contributed by atoms with Gasteiger partial charge in [-0.25, -0.2) is 0 Å². The fourth-order valence-electron chi connectivity index (χ4n) is 2.71. The van der Waals surface area contributed by atoms with Crippen molar-refractivity contribution in [1.29, 1.82) is 0 Å². The maximum absolute atomic E-state index is 5.41. The van der Waals surface area contributed by atoms with Crippen LogP contribution < -0.4 is 14.8 Å². The van der Waals surface area contributed by atoms with E-state index in [1.165, 1.54) is 23.8 Å². The lowest BCUT2D eigenvalue weighted by molar-refractivity contribution is 0.397. The highest BCUT2D eigenvalue weighted by atomic mass is 16.5. The van der Waals surface area contributed by atoms with E-state index in [2.05, 4.69) is 22.6 Å². The van der Waals surface area contributed by atoms with Crippen molar-refractivity contribution < 1.29 is 9.47 Å². The normalized spacial score (nSPS) is 19.3. The number of rotatable bonds is 3. The number of H-pyrrole nitrogens is 1. The Kier molecular flexibility index (Phi) is 2.88. The van der Waals surface area contributed by atoms with Gasteiger partial charge in [0.1, 0.15) is 11.5 Å². The van der Waals surface area contributed by atoms with E-state index in [-0.39, 0.29) is 0 Å². The van der Waals surface area contributed by atoms with Gasteiger partial charge < -0.3 is 19.8 Å². The zero-order valence-electron chi connectivity index (χ0n) is 10.7. The molecular formula is C14H18N2O2. The summed E-state index contributed by atoms with van der Waals surface area (Å²) in [4.78, 5) is 3.32. The van der Waals surface area contributed by atoms with Crippen LogP contribution in [0.1, 0.15) is 24.4 Å². The zero-order valence-corrected chi connectivity index (χ0v) is 10.7. The topological polar surface area (TPSA) is 46.3 Å². The third-order valence-corrected chi connectivity index (χ3v) is 3.65. The minimum atomic E-state index is 0.440. The number of benzene rings is 1. The Balaban J connectivity index is 2.15. The van der Waals surface area contributed by atoms with Gasteiger partial charge in [0.05, 0.1) is 19.7 Å². The van der Waals surface area contributed by atoms with E-state index >= 15 is 0 Å². The van der Waals surface area contributed by atoms with Crippen LogP contribution in [-0.4, -0.2) is 25.7 Å². The minimum Gasteiger partial charge on any atom is -0.497 e. The molecule has 0 aliphatic carbocycles. The fraction of sp³-hybridized carbons (Fsp3) is 0.429. The lowest BCUT2D eigenvalue weighted by atomic mass is 10.0. The Morgan fingerprint density at radius 3 is 2.78 bits per heavy atom. The summed E-state index contributed by atoms with van der Waals surface area (Å²) in [5, 5.41) is 4.71. The van der Waals surface area contributed by atoms with Gasteiger partial charge in [0.15, 0.2) is 0 Å². The van der Waals surface area contributed by atoms with Crippen LogP contribution in [0.4, 0.5) is 0 Å². The SMILES string of the molecule is COc1cc(OC)c2[nH]cc(C3CCCN3)c2c1. The van der Waals surface area contributed by atoms with Crippen LogP contribution in [-0.2, 0) is 0 Å². The maximum atomic E-state index is 5.41. The first-order chi connectivity index (χ1) is 8.83. The van der Waals surface area contributed by atoms with E-state index in [1.54, 1.807) is 14.2 Å². The van der Waals surface area contributed by atoms with E-state index in [0.29, 0.717) is 6.04 Å². The third kappa shape index (κ3) is 1.73. The van der Waals surface area contributed by atoms with Crippen LogP contribution >= 0.6 is 0 Å². The number of hydrogen-bond donors (Lipinski definition) is 2. The molecule has 4 nitrogen and oxygen atoms in total. The second kappa shape index (κ2) is 4.53. The summed E-state index contributed by atoms with van der Waals surface area (Å²) in [5.41, 5.74) is 2.35. The summed E-state index contributed by atoms with van der Waals surface area (Å²) in [7, 11) is 3.36. The van der Waals surface area contributed by atoms with Crippen LogP contribution in [0.3, 0.4) is 0 Å². The molecule has 1 unspecified atom stereocenters. The fourth-order valence-corrected chi connectivity index (χ4v) is 2.71. The van der Waals surface area contributed by atoms with E-state index in [4.69, 9.17) is 9.47 Å². The second-order valence-corrected chi connectivity index (χ2v) is 4.65. The monoisotopic (exact) mass is 246 g/mol. The molecule has 1 aliphatic heterocycles. The first kappa shape index (κ1) is 11.4. The van der Waals surface area contributed by atoms with Gasteiger partial charge in [0.25, 0.3) is 0 Å². The largest absolute Gasteiger partial charge is 0.497 e. The molecule has 0 amide bonds. The number of hydrogen-bond acceptors (Lipinski definition) is 3. The summed E-state index contributed by atoms with van der Waals surface area (Å²) >= 11 is 0. The molecule has 0 radical (unpaired) electrons. The number of nitrogens with one attached hydrogen (secondary N) is 2. The molecule has 0 saturated carbocycles.